The van der Waals surface area contributed by atoms with Crippen LogP contribution in [-0.4, -0.2) is 93.1 Å². The molecule has 2 saturated heterocycles. The molecule has 0 radical (unpaired) electrons. The number of aliphatic hydroxyl groups excluding tert-OH is 1. The van der Waals surface area contributed by atoms with Gasteiger partial charge in [-0.1, -0.05) is 6.92 Å². The highest BCUT2D eigenvalue weighted by molar-refractivity contribution is 8.01. The second kappa shape index (κ2) is 9.11. The molecular weight excluding hydrogens is 562 g/mol. The van der Waals surface area contributed by atoms with Crippen molar-refractivity contribution in [1.82, 2.24) is 0 Å². The number of esters is 1. The molecule has 14 atom stereocenters. The van der Waals surface area contributed by atoms with Gasteiger partial charge in [-0.05, 0) is 68.8 Å². The summed E-state index contributed by atoms with van der Waals surface area (Å²) in [6.45, 7) is 4.16. The molecule has 1 spiro atoms. The molecular formula is C31H41NO9S. The molecule has 4 saturated carbocycles. The Kier molecular flexibility index (Phi) is 6.11. The Morgan fingerprint density at radius 2 is 1.93 bits per heavy atom. The van der Waals surface area contributed by atoms with Gasteiger partial charge in [-0.25, -0.2) is 4.79 Å². The molecule has 0 bridgehead atoms. The van der Waals surface area contributed by atoms with Gasteiger partial charge >= 0.3 is 5.97 Å². The Bertz CT molecular complexity index is 1260. The minimum atomic E-state index is -1.77. The number of ether oxygens (including phenoxy) is 4. The van der Waals surface area contributed by atoms with Crippen LogP contribution in [0.25, 0.3) is 0 Å². The van der Waals surface area contributed by atoms with E-state index in [0.29, 0.717) is 31.4 Å². The van der Waals surface area contributed by atoms with Crippen molar-refractivity contribution in [2.24, 2.45) is 39.5 Å². The Labute approximate surface area is 249 Å². The molecule has 6 fully saturated rings. The van der Waals surface area contributed by atoms with E-state index in [1.54, 1.807) is 11.8 Å². The largest absolute Gasteiger partial charge is 0.458 e. The third-order valence-electron chi connectivity index (χ3n) is 12.8. The van der Waals surface area contributed by atoms with Crippen molar-refractivity contribution in [3.63, 3.8) is 0 Å². The van der Waals surface area contributed by atoms with Crippen LogP contribution in [-0.2, 0) is 28.5 Å². The van der Waals surface area contributed by atoms with E-state index < -0.39 is 51.6 Å². The fourth-order valence-corrected chi connectivity index (χ4v) is 12.3. The summed E-state index contributed by atoms with van der Waals surface area (Å²) in [4.78, 5) is 29.0. The van der Waals surface area contributed by atoms with E-state index in [4.69, 9.17) is 23.9 Å². The number of aliphatic hydroxyl groups is 3. The van der Waals surface area contributed by atoms with Crippen LogP contribution in [0.1, 0.15) is 65.2 Å². The lowest BCUT2D eigenvalue weighted by atomic mass is 9.42. The maximum absolute atomic E-state index is 13.3. The molecule has 0 aromatic carbocycles. The number of thioether (sulfide) groups is 1. The van der Waals surface area contributed by atoms with Gasteiger partial charge in [0.1, 0.15) is 12.9 Å². The number of rotatable bonds is 2. The van der Waals surface area contributed by atoms with Gasteiger partial charge in [-0.3, -0.25) is 4.99 Å². The zero-order chi connectivity index (χ0) is 29.3. The van der Waals surface area contributed by atoms with Crippen molar-refractivity contribution in [3.8, 4) is 0 Å². The van der Waals surface area contributed by atoms with E-state index in [9.17, 15) is 24.9 Å². The first-order valence-electron chi connectivity index (χ1n) is 15.6. The van der Waals surface area contributed by atoms with E-state index in [-0.39, 0.29) is 48.9 Å². The smallest absolute Gasteiger partial charge is 0.331 e. The van der Waals surface area contributed by atoms with Gasteiger partial charge < -0.3 is 39.1 Å². The third-order valence-corrected chi connectivity index (χ3v) is 14.2. The second-order valence-electron chi connectivity index (χ2n) is 14.5. The van der Waals surface area contributed by atoms with E-state index >= 15 is 0 Å². The van der Waals surface area contributed by atoms with E-state index in [2.05, 4.69) is 0 Å². The molecule has 0 aromatic heterocycles. The molecule has 10 nitrogen and oxygen atoms in total. The van der Waals surface area contributed by atoms with Crippen LogP contribution in [0.3, 0.4) is 0 Å². The van der Waals surface area contributed by atoms with Crippen molar-refractivity contribution in [2.45, 2.75) is 112 Å². The zero-order valence-electron chi connectivity index (χ0n) is 24.1. The lowest BCUT2D eigenvalue weighted by Crippen LogP contribution is -2.73. The Morgan fingerprint density at radius 1 is 1.10 bits per heavy atom. The average Bonchev–Trinajstić information content (AvgIpc) is 3.64. The molecule has 8 aliphatic rings. The standard InChI is InChI=1S/C31H41NO9S/c1-16-11-30(32-7-8-42-30)31(37)26(39-16)40-22-10-18-3-4-20-19(28(18,15-33)13-23(22)41-31)5-6-27(2)25(17-9-24(35)38-14-17)21(34)12-29(20,27)36/h7,9,15-16,18-23,25-26,34,36-37H,3-6,8,10-14H2,1-2H3/t16-,18+,19+,20-,21-,22-,23-,25+,26+,27-,28-,29+,30+,31-/m1/s1. The highest BCUT2D eigenvalue weighted by atomic mass is 32.2. The molecule has 3 N–H and O–H groups in total. The lowest BCUT2D eigenvalue weighted by molar-refractivity contribution is -0.445. The van der Waals surface area contributed by atoms with Crippen molar-refractivity contribution < 1.29 is 43.9 Å². The molecule has 4 aliphatic heterocycles. The number of aldehydes is 1. The molecule has 230 valence electrons. The summed E-state index contributed by atoms with van der Waals surface area (Å²) in [7, 11) is 0. The van der Waals surface area contributed by atoms with E-state index in [1.165, 1.54) is 6.08 Å². The van der Waals surface area contributed by atoms with Gasteiger partial charge in [0.25, 0.3) is 5.79 Å². The van der Waals surface area contributed by atoms with Gasteiger partial charge in [0.05, 0.1) is 30.0 Å². The van der Waals surface area contributed by atoms with Gasteiger partial charge in [-0.2, -0.15) is 0 Å². The number of hydrogen-bond acceptors (Lipinski definition) is 11. The van der Waals surface area contributed by atoms with Crippen LogP contribution in [0, 0.1) is 34.5 Å². The third kappa shape index (κ3) is 3.42. The van der Waals surface area contributed by atoms with Crippen molar-refractivity contribution in [2.75, 3.05) is 12.4 Å². The van der Waals surface area contributed by atoms with Gasteiger partial charge in [0.2, 0.25) is 6.29 Å². The van der Waals surface area contributed by atoms with Crippen LogP contribution in [0.15, 0.2) is 16.6 Å². The van der Waals surface area contributed by atoms with Crippen LogP contribution in [0.4, 0.5) is 0 Å². The summed E-state index contributed by atoms with van der Waals surface area (Å²) in [6.07, 6.45) is 6.24. The van der Waals surface area contributed by atoms with Crippen LogP contribution < -0.4 is 0 Å². The highest BCUT2D eigenvalue weighted by Crippen LogP contribution is 2.70. The summed E-state index contributed by atoms with van der Waals surface area (Å²) in [5.74, 6) is -2.10. The van der Waals surface area contributed by atoms with Crippen molar-refractivity contribution in [1.29, 1.82) is 0 Å². The average molecular weight is 604 g/mol. The predicted octanol–water partition coefficient (Wildman–Crippen LogP) is 2.12. The Balaban J connectivity index is 1.11. The van der Waals surface area contributed by atoms with Gasteiger partial charge in [0, 0.05) is 47.6 Å². The summed E-state index contributed by atoms with van der Waals surface area (Å²) < 4.78 is 24.4. The maximum atomic E-state index is 13.3. The Morgan fingerprint density at radius 3 is 2.64 bits per heavy atom. The minimum absolute atomic E-state index is 0.0554. The quantitative estimate of drug-likeness (QED) is 0.244. The maximum Gasteiger partial charge on any atom is 0.331 e. The van der Waals surface area contributed by atoms with Crippen molar-refractivity contribution >= 4 is 30.2 Å². The van der Waals surface area contributed by atoms with E-state index in [1.807, 2.05) is 20.1 Å². The number of aliphatic imine (C=N–C) groups is 1. The predicted molar refractivity (Wildman–Crippen MR) is 150 cm³/mol. The number of carbonyl (C=O) groups excluding carboxylic acids is 2. The molecule has 0 amide bonds. The number of cyclic esters (lactones) is 1. The van der Waals surface area contributed by atoms with Crippen LogP contribution in [0.5, 0.6) is 0 Å². The summed E-state index contributed by atoms with van der Waals surface area (Å²) in [5.41, 5.74) is -1.83. The molecule has 0 aromatic rings. The lowest BCUT2D eigenvalue weighted by Gasteiger charge is -2.65. The van der Waals surface area contributed by atoms with E-state index in [0.717, 1.165) is 31.1 Å². The van der Waals surface area contributed by atoms with Gasteiger partial charge in [-0.15, -0.1) is 11.8 Å². The topological polar surface area (TPSA) is 144 Å². The zero-order valence-corrected chi connectivity index (χ0v) is 25.0. The minimum Gasteiger partial charge on any atom is -0.458 e. The molecule has 8 rings (SSSR count). The monoisotopic (exact) mass is 603 g/mol. The highest BCUT2D eigenvalue weighted by Gasteiger charge is 2.73. The molecule has 11 heteroatoms. The summed E-state index contributed by atoms with van der Waals surface area (Å²) in [5, 5.41) is 36.0. The SMILES string of the molecule is C[C@@H]1C[C@@]2(N=CCS2)[C@]2(O)O[C@@H]3C[C@@]4(C=O)[C@@H](CC[C@@H]5[C@@H]4CC[C@]4(C)[C@@H](C6=CC(=O)OC6)[C@H](O)C[C@]54O)C[C@H]3O[C@@H]2O1. The first-order valence-corrected chi connectivity index (χ1v) is 16.6. The first-order chi connectivity index (χ1) is 20.0. The summed E-state index contributed by atoms with van der Waals surface area (Å²) >= 11 is 1.54. The first kappa shape index (κ1) is 28.2. The normalized spacial score (nSPS) is 57.9. The van der Waals surface area contributed by atoms with Gasteiger partial charge in [0.15, 0.2) is 4.87 Å². The molecule has 4 aliphatic carbocycles. The fraction of sp³-hybridized carbons (Fsp3) is 0.839. The number of nitrogens with zero attached hydrogens (tertiary/aromatic N) is 1. The van der Waals surface area contributed by atoms with Crippen LogP contribution >= 0.6 is 11.8 Å². The second-order valence-corrected chi connectivity index (χ2v) is 15.8. The molecule has 42 heavy (non-hydrogen) atoms. The van der Waals surface area contributed by atoms with Crippen LogP contribution in [0.2, 0.25) is 0 Å². The number of carbonyl (C=O) groups is 2. The summed E-state index contributed by atoms with van der Waals surface area (Å²) in [6, 6.07) is 0. The Hall–Kier alpha value is -1.34. The number of hydrogen-bond donors (Lipinski definition) is 3. The fourth-order valence-electron chi connectivity index (χ4n) is 11.1. The molecule has 4 heterocycles. The van der Waals surface area contributed by atoms with Crippen molar-refractivity contribution in [3.05, 3.63) is 11.6 Å². The molecule has 0 unspecified atom stereocenters. The number of fused-ring (bicyclic) bond motifs is 8.